The lowest BCUT2D eigenvalue weighted by Crippen LogP contribution is -2.42. The Morgan fingerprint density at radius 3 is 2.53 bits per heavy atom. The van der Waals surface area contributed by atoms with Crippen LogP contribution in [-0.4, -0.2) is 5.54 Å². The van der Waals surface area contributed by atoms with Crippen molar-refractivity contribution in [1.82, 2.24) is 0 Å². The molecule has 1 fully saturated rings. The molecule has 0 atom stereocenters. The highest BCUT2D eigenvalue weighted by atomic mass is 19.2. The van der Waals surface area contributed by atoms with E-state index in [4.69, 9.17) is 5.73 Å². The first-order valence-electron chi connectivity index (χ1n) is 5.03. The van der Waals surface area contributed by atoms with Gasteiger partial charge >= 0.3 is 0 Å². The smallest absolute Gasteiger partial charge is 0.183 e. The second-order valence-corrected chi connectivity index (χ2v) is 4.36. The number of benzene rings is 1. The number of nitrogen functional groups attached to an aromatic ring is 1. The first-order valence-corrected chi connectivity index (χ1v) is 5.03. The molecule has 1 aliphatic rings. The first-order chi connectivity index (χ1) is 7.02. The Kier molecular flexibility index (Phi) is 2.29. The summed E-state index contributed by atoms with van der Waals surface area (Å²) in [6.07, 6.45) is 3.03. The zero-order valence-electron chi connectivity index (χ0n) is 8.61. The molecule has 1 aliphatic carbocycles. The van der Waals surface area contributed by atoms with Gasteiger partial charge in [-0.1, -0.05) is 0 Å². The van der Waals surface area contributed by atoms with Crippen LogP contribution >= 0.6 is 0 Å². The highest BCUT2D eigenvalue weighted by Gasteiger charge is 2.33. The second-order valence-electron chi connectivity index (χ2n) is 4.36. The third-order valence-corrected chi connectivity index (χ3v) is 3.01. The third kappa shape index (κ3) is 1.76. The summed E-state index contributed by atoms with van der Waals surface area (Å²) >= 11 is 0. The van der Waals surface area contributed by atoms with Gasteiger partial charge in [-0.25, -0.2) is 8.78 Å². The van der Waals surface area contributed by atoms with E-state index in [1.165, 1.54) is 6.07 Å². The molecule has 3 N–H and O–H groups in total. The van der Waals surface area contributed by atoms with Gasteiger partial charge in [0.1, 0.15) is 0 Å². The van der Waals surface area contributed by atoms with E-state index >= 15 is 0 Å². The van der Waals surface area contributed by atoms with Crippen LogP contribution in [0.25, 0.3) is 0 Å². The van der Waals surface area contributed by atoms with Crippen LogP contribution in [0.4, 0.5) is 20.2 Å². The number of hydrogen-bond donors (Lipinski definition) is 2. The van der Waals surface area contributed by atoms with Gasteiger partial charge in [-0.3, -0.25) is 0 Å². The van der Waals surface area contributed by atoms with Gasteiger partial charge in [0.15, 0.2) is 11.6 Å². The normalized spacial score (nSPS) is 18.3. The summed E-state index contributed by atoms with van der Waals surface area (Å²) < 4.78 is 26.4. The SMILES string of the molecule is CC1(Nc2c(N)ccc(F)c2F)CCC1. The Bertz CT molecular complexity index is 386. The van der Waals surface area contributed by atoms with E-state index in [2.05, 4.69) is 5.32 Å². The van der Waals surface area contributed by atoms with Gasteiger partial charge in [-0.2, -0.15) is 0 Å². The van der Waals surface area contributed by atoms with Gasteiger partial charge in [0.25, 0.3) is 0 Å². The topological polar surface area (TPSA) is 38.0 Å². The fourth-order valence-electron chi connectivity index (χ4n) is 1.83. The molecule has 0 heterocycles. The molecule has 0 radical (unpaired) electrons. The van der Waals surface area contributed by atoms with E-state index in [1.54, 1.807) is 0 Å². The van der Waals surface area contributed by atoms with Crippen LogP contribution in [-0.2, 0) is 0 Å². The van der Waals surface area contributed by atoms with Crippen molar-refractivity contribution in [3.05, 3.63) is 23.8 Å². The monoisotopic (exact) mass is 212 g/mol. The van der Waals surface area contributed by atoms with Crippen LogP contribution in [0.5, 0.6) is 0 Å². The van der Waals surface area contributed by atoms with Gasteiger partial charge in [-0.05, 0) is 38.3 Å². The van der Waals surface area contributed by atoms with Crippen LogP contribution in [0.1, 0.15) is 26.2 Å². The van der Waals surface area contributed by atoms with E-state index in [0.717, 1.165) is 25.3 Å². The number of hydrogen-bond acceptors (Lipinski definition) is 2. The van der Waals surface area contributed by atoms with Gasteiger partial charge in [0.05, 0.1) is 11.4 Å². The van der Waals surface area contributed by atoms with Crippen molar-refractivity contribution in [2.75, 3.05) is 11.1 Å². The van der Waals surface area contributed by atoms with E-state index in [1.807, 2.05) is 6.92 Å². The summed E-state index contributed by atoms with van der Waals surface area (Å²) in [7, 11) is 0. The molecule has 0 unspecified atom stereocenters. The summed E-state index contributed by atoms with van der Waals surface area (Å²) in [5.41, 5.74) is 5.82. The molecule has 0 saturated heterocycles. The summed E-state index contributed by atoms with van der Waals surface area (Å²) in [5, 5.41) is 2.99. The molecule has 4 heteroatoms. The van der Waals surface area contributed by atoms with Crippen molar-refractivity contribution in [2.45, 2.75) is 31.7 Å². The van der Waals surface area contributed by atoms with Crippen molar-refractivity contribution in [3.8, 4) is 0 Å². The Balaban J connectivity index is 2.30. The molecule has 0 spiro atoms. The van der Waals surface area contributed by atoms with Crippen LogP contribution in [0, 0.1) is 11.6 Å². The van der Waals surface area contributed by atoms with Crippen molar-refractivity contribution < 1.29 is 8.78 Å². The predicted molar refractivity (Wildman–Crippen MR) is 56.6 cm³/mol. The molecule has 0 aromatic heterocycles. The fraction of sp³-hybridized carbons (Fsp3) is 0.455. The minimum absolute atomic E-state index is 0.0946. The molecule has 2 rings (SSSR count). The van der Waals surface area contributed by atoms with Crippen molar-refractivity contribution in [2.24, 2.45) is 0 Å². The van der Waals surface area contributed by atoms with Crippen LogP contribution in [0.2, 0.25) is 0 Å². The van der Waals surface area contributed by atoms with Crippen molar-refractivity contribution in [3.63, 3.8) is 0 Å². The maximum Gasteiger partial charge on any atom is 0.183 e. The predicted octanol–water partition coefficient (Wildman–Crippen LogP) is 2.90. The second kappa shape index (κ2) is 3.36. The van der Waals surface area contributed by atoms with Crippen LogP contribution in [0.3, 0.4) is 0 Å². The van der Waals surface area contributed by atoms with E-state index in [-0.39, 0.29) is 16.9 Å². The zero-order valence-corrected chi connectivity index (χ0v) is 8.61. The Hall–Kier alpha value is -1.32. The van der Waals surface area contributed by atoms with E-state index < -0.39 is 11.6 Å². The quantitative estimate of drug-likeness (QED) is 0.740. The zero-order chi connectivity index (χ0) is 11.1. The minimum Gasteiger partial charge on any atom is -0.397 e. The van der Waals surface area contributed by atoms with Crippen molar-refractivity contribution in [1.29, 1.82) is 0 Å². The third-order valence-electron chi connectivity index (χ3n) is 3.01. The van der Waals surface area contributed by atoms with E-state index in [9.17, 15) is 8.78 Å². The van der Waals surface area contributed by atoms with Gasteiger partial charge in [0.2, 0.25) is 0 Å². The maximum absolute atomic E-state index is 13.4. The molecule has 2 nitrogen and oxygen atoms in total. The lowest BCUT2D eigenvalue weighted by atomic mass is 9.78. The van der Waals surface area contributed by atoms with Crippen molar-refractivity contribution >= 4 is 11.4 Å². The Labute approximate surface area is 87.5 Å². The highest BCUT2D eigenvalue weighted by Crippen LogP contribution is 2.37. The van der Waals surface area contributed by atoms with Crippen LogP contribution < -0.4 is 11.1 Å². The Morgan fingerprint density at radius 1 is 1.33 bits per heavy atom. The molecule has 1 aromatic carbocycles. The first kappa shape index (κ1) is 10.2. The molecule has 0 aliphatic heterocycles. The average molecular weight is 212 g/mol. The molecule has 0 amide bonds. The maximum atomic E-state index is 13.4. The number of halogens is 2. The fourth-order valence-corrected chi connectivity index (χ4v) is 1.83. The minimum atomic E-state index is -0.886. The van der Waals surface area contributed by atoms with Gasteiger partial charge in [0, 0.05) is 5.54 Å². The Morgan fingerprint density at radius 2 is 2.00 bits per heavy atom. The lowest BCUT2D eigenvalue weighted by Gasteiger charge is -2.40. The van der Waals surface area contributed by atoms with Crippen LogP contribution in [0.15, 0.2) is 12.1 Å². The summed E-state index contributed by atoms with van der Waals surface area (Å²) in [6.45, 7) is 1.99. The molecular formula is C11H14F2N2. The van der Waals surface area contributed by atoms with Gasteiger partial charge in [-0.15, -0.1) is 0 Å². The number of nitrogens with two attached hydrogens (primary N) is 1. The molecule has 1 aromatic rings. The molecule has 82 valence electrons. The van der Waals surface area contributed by atoms with E-state index in [0.29, 0.717) is 0 Å². The summed E-state index contributed by atoms with van der Waals surface area (Å²) in [5.74, 6) is -1.75. The average Bonchev–Trinajstić information content (AvgIpc) is 2.16. The molecule has 1 saturated carbocycles. The number of nitrogens with one attached hydrogen (secondary N) is 1. The highest BCUT2D eigenvalue weighted by molar-refractivity contribution is 5.68. The molecule has 0 bridgehead atoms. The lowest BCUT2D eigenvalue weighted by molar-refractivity contribution is 0.305. The number of anilines is 2. The summed E-state index contributed by atoms with van der Waals surface area (Å²) in [6, 6.07) is 2.42. The molecular weight excluding hydrogens is 198 g/mol. The summed E-state index contributed by atoms with van der Waals surface area (Å²) in [4.78, 5) is 0. The number of rotatable bonds is 2. The van der Waals surface area contributed by atoms with Gasteiger partial charge < -0.3 is 11.1 Å². The molecule has 15 heavy (non-hydrogen) atoms. The largest absolute Gasteiger partial charge is 0.397 e. The standard InChI is InChI=1S/C11H14F2N2/c1-11(5-2-6-11)15-10-8(14)4-3-7(12)9(10)13/h3-4,15H,2,5-6,14H2,1H3.